The molecule has 0 saturated heterocycles. The van der Waals surface area contributed by atoms with E-state index in [1.807, 2.05) is 50.2 Å². The third kappa shape index (κ3) is 3.43. The van der Waals surface area contributed by atoms with Gasteiger partial charge in [-0.2, -0.15) is 0 Å². The maximum atomic E-state index is 5.71. The molecule has 0 spiro atoms. The summed E-state index contributed by atoms with van der Waals surface area (Å²) < 4.78 is 16.6. The van der Waals surface area contributed by atoms with E-state index >= 15 is 0 Å². The minimum Gasteiger partial charge on any atom is -0.496 e. The summed E-state index contributed by atoms with van der Waals surface area (Å²) in [7, 11) is 1.62. The Hall–Kier alpha value is -2.60. The number of ether oxygens (including phenoxy) is 1. The Morgan fingerprint density at radius 2 is 1.96 bits per heavy atom. The van der Waals surface area contributed by atoms with Crippen molar-refractivity contribution >= 4 is 0 Å². The first-order chi connectivity index (χ1) is 11.2. The second-order valence-electron chi connectivity index (χ2n) is 5.25. The van der Waals surface area contributed by atoms with Crippen LogP contribution in [0.25, 0.3) is 11.5 Å². The maximum Gasteiger partial charge on any atom is 0.251 e. The van der Waals surface area contributed by atoms with Gasteiger partial charge in [-0.25, -0.2) is 0 Å². The summed E-state index contributed by atoms with van der Waals surface area (Å²) in [6.45, 7) is 4.41. The number of aryl methyl sites for hydroxylation is 1. The fourth-order valence-corrected chi connectivity index (χ4v) is 2.28. The third-order valence-electron chi connectivity index (χ3n) is 3.55. The first-order valence-corrected chi connectivity index (χ1v) is 7.43. The van der Waals surface area contributed by atoms with Crippen molar-refractivity contribution in [3.05, 3.63) is 53.8 Å². The number of furan rings is 1. The zero-order chi connectivity index (χ0) is 16.2. The molecule has 0 amide bonds. The van der Waals surface area contributed by atoms with Crippen LogP contribution in [-0.2, 0) is 6.54 Å². The molecule has 6 nitrogen and oxygen atoms in total. The number of para-hydroxylation sites is 1. The maximum absolute atomic E-state index is 5.71. The number of nitrogens with zero attached hydrogens (tertiary/aromatic N) is 2. The van der Waals surface area contributed by atoms with Crippen LogP contribution in [0.4, 0.5) is 0 Å². The Labute approximate surface area is 134 Å². The molecule has 120 valence electrons. The van der Waals surface area contributed by atoms with Crippen LogP contribution in [0.2, 0.25) is 0 Å². The zero-order valence-corrected chi connectivity index (χ0v) is 13.4. The van der Waals surface area contributed by atoms with Crippen LogP contribution in [0.5, 0.6) is 5.75 Å². The van der Waals surface area contributed by atoms with Gasteiger partial charge in [-0.15, -0.1) is 10.2 Å². The fourth-order valence-electron chi connectivity index (χ4n) is 2.28. The second-order valence-corrected chi connectivity index (χ2v) is 5.25. The number of benzene rings is 1. The van der Waals surface area contributed by atoms with Crippen molar-refractivity contribution in [2.75, 3.05) is 7.11 Å². The predicted molar refractivity (Wildman–Crippen MR) is 85.0 cm³/mol. The SMILES string of the molecule is COc1ccccc1-c1nnc(CN[C@H](C)c2ccc(C)o2)o1. The summed E-state index contributed by atoms with van der Waals surface area (Å²) in [4.78, 5) is 0. The molecule has 0 fully saturated rings. The minimum atomic E-state index is 0.0605. The lowest BCUT2D eigenvalue weighted by Crippen LogP contribution is -2.17. The van der Waals surface area contributed by atoms with Crippen molar-refractivity contribution in [2.24, 2.45) is 0 Å². The summed E-state index contributed by atoms with van der Waals surface area (Å²) in [6, 6.07) is 11.5. The van der Waals surface area contributed by atoms with E-state index in [2.05, 4.69) is 15.5 Å². The van der Waals surface area contributed by atoms with Gasteiger partial charge in [0, 0.05) is 0 Å². The van der Waals surface area contributed by atoms with Gasteiger partial charge in [0.05, 0.1) is 25.3 Å². The molecule has 1 atom stereocenters. The molecule has 23 heavy (non-hydrogen) atoms. The monoisotopic (exact) mass is 313 g/mol. The van der Waals surface area contributed by atoms with Crippen molar-refractivity contribution in [1.82, 2.24) is 15.5 Å². The van der Waals surface area contributed by atoms with Gasteiger partial charge in [-0.05, 0) is 38.1 Å². The molecular formula is C17H19N3O3. The molecule has 3 aromatic rings. The summed E-state index contributed by atoms with van der Waals surface area (Å²) in [5.74, 6) is 3.44. The van der Waals surface area contributed by atoms with E-state index in [9.17, 15) is 0 Å². The van der Waals surface area contributed by atoms with E-state index in [-0.39, 0.29) is 6.04 Å². The van der Waals surface area contributed by atoms with Crippen molar-refractivity contribution in [3.8, 4) is 17.2 Å². The molecule has 6 heteroatoms. The topological polar surface area (TPSA) is 73.3 Å². The number of hydrogen-bond donors (Lipinski definition) is 1. The lowest BCUT2D eigenvalue weighted by molar-refractivity contribution is 0.393. The molecule has 0 saturated carbocycles. The van der Waals surface area contributed by atoms with E-state index in [0.29, 0.717) is 24.1 Å². The average Bonchev–Trinajstić information content (AvgIpc) is 3.21. The van der Waals surface area contributed by atoms with E-state index in [4.69, 9.17) is 13.6 Å². The van der Waals surface area contributed by atoms with Gasteiger partial charge in [-0.1, -0.05) is 12.1 Å². The van der Waals surface area contributed by atoms with E-state index in [1.165, 1.54) is 0 Å². The molecule has 2 heterocycles. The summed E-state index contributed by atoms with van der Waals surface area (Å²) >= 11 is 0. The molecule has 1 aromatic carbocycles. The number of methoxy groups -OCH3 is 1. The lowest BCUT2D eigenvalue weighted by atomic mass is 10.2. The molecular weight excluding hydrogens is 294 g/mol. The van der Waals surface area contributed by atoms with E-state index < -0.39 is 0 Å². The standard InChI is InChI=1S/C17H19N3O3/c1-11-8-9-14(22-11)12(2)18-10-16-19-20-17(23-16)13-6-4-5-7-15(13)21-3/h4-9,12,18H,10H2,1-3H3/t12-/m1/s1. The largest absolute Gasteiger partial charge is 0.496 e. The second kappa shape index (κ2) is 6.66. The summed E-state index contributed by atoms with van der Waals surface area (Å²) in [5, 5.41) is 11.5. The van der Waals surface area contributed by atoms with Crippen LogP contribution in [0.3, 0.4) is 0 Å². The Morgan fingerprint density at radius 1 is 1.13 bits per heavy atom. The molecule has 0 bridgehead atoms. The van der Waals surface area contributed by atoms with Gasteiger partial charge < -0.3 is 13.6 Å². The summed E-state index contributed by atoms with van der Waals surface area (Å²) in [6.07, 6.45) is 0. The highest BCUT2D eigenvalue weighted by Crippen LogP contribution is 2.28. The Balaban J connectivity index is 1.68. The molecule has 0 unspecified atom stereocenters. The van der Waals surface area contributed by atoms with Gasteiger partial charge in [-0.3, -0.25) is 5.32 Å². The molecule has 0 aliphatic heterocycles. The van der Waals surface area contributed by atoms with E-state index in [1.54, 1.807) is 7.11 Å². The van der Waals surface area contributed by atoms with Crippen LogP contribution in [0, 0.1) is 6.92 Å². The number of hydrogen-bond acceptors (Lipinski definition) is 6. The molecule has 2 aromatic heterocycles. The van der Waals surface area contributed by atoms with Crippen LogP contribution in [-0.4, -0.2) is 17.3 Å². The minimum absolute atomic E-state index is 0.0605. The highest BCUT2D eigenvalue weighted by molar-refractivity contribution is 5.62. The van der Waals surface area contributed by atoms with Crippen molar-refractivity contribution in [1.29, 1.82) is 0 Å². The van der Waals surface area contributed by atoms with Gasteiger partial charge >= 0.3 is 0 Å². The van der Waals surface area contributed by atoms with Crippen LogP contribution >= 0.6 is 0 Å². The van der Waals surface area contributed by atoms with Gasteiger partial charge in [0.15, 0.2) is 0 Å². The predicted octanol–water partition coefficient (Wildman–Crippen LogP) is 3.50. The highest BCUT2D eigenvalue weighted by atomic mass is 16.5. The van der Waals surface area contributed by atoms with Crippen molar-refractivity contribution in [3.63, 3.8) is 0 Å². The Morgan fingerprint density at radius 3 is 2.70 bits per heavy atom. The smallest absolute Gasteiger partial charge is 0.251 e. The zero-order valence-electron chi connectivity index (χ0n) is 13.4. The first-order valence-electron chi connectivity index (χ1n) is 7.43. The molecule has 1 N–H and O–H groups in total. The normalized spacial score (nSPS) is 12.3. The van der Waals surface area contributed by atoms with Crippen molar-refractivity contribution in [2.45, 2.75) is 26.4 Å². The quantitative estimate of drug-likeness (QED) is 0.751. The molecule has 0 aliphatic rings. The van der Waals surface area contributed by atoms with E-state index in [0.717, 1.165) is 17.1 Å². The lowest BCUT2D eigenvalue weighted by Gasteiger charge is -2.08. The van der Waals surface area contributed by atoms with Crippen LogP contribution in [0.15, 0.2) is 45.2 Å². The number of nitrogens with one attached hydrogen (secondary N) is 1. The van der Waals surface area contributed by atoms with Crippen molar-refractivity contribution < 1.29 is 13.6 Å². The van der Waals surface area contributed by atoms with Gasteiger partial charge in [0.1, 0.15) is 17.3 Å². The fraction of sp³-hybridized carbons (Fsp3) is 0.294. The Kier molecular flexibility index (Phi) is 4.43. The highest BCUT2D eigenvalue weighted by Gasteiger charge is 2.14. The molecule has 3 rings (SSSR count). The van der Waals surface area contributed by atoms with Crippen LogP contribution in [0.1, 0.15) is 30.4 Å². The van der Waals surface area contributed by atoms with Gasteiger partial charge in [0.25, 0.3) is 5.89 Å². The Bertz CT molecular complexity index is 779. The average molecular weight is 313 g/mol. The molecule has 0 radical (unpaired) electrons. The number of aromatic nitrogens is 2. The van der Waals surface area contributed by atoms with Gasteiger partial charge in [0.2, 0.25) is 5.89 Å². The first kappa shape index (κ1) is 15.3. The summed E-state index contributed by atoms with van der Waals surface area (Å²) in [5.41, 5.74) is 0.781. The van der Waals surface area contributed by atoms with Crippen LogP contribution < -0.4 is 10.1 Å². The third-order valence-corrected chi connectivity index (χ3v) is 3.55. The molecule has 0 aliphatic carbocycles. The number of rotatable bonds is 6.